The molecular weight excluding hydrogens is 416 g/mol. The number of aromatic nitrogens is 1. The van der Waals surface area contributed by atoms with Crippen LogP contribution >= 0.6 is 22.9 Å². The van der Waals surface area contributed by atoms with Crippen LogP contribution in [0.25, 0.3) is 0 Å². The molecule has 1 amide bonds. The van der Waals surface area contributed by atoms with E-state index in [2.05, 4.69) is 26.2 Å². The minimum Gasteiger partial charge on any atom is -0.368 e. The molecule has 0 radical (unpaired) electrons. The lowest BCUT2D eigenvalue weighted by Gasteiger charge is -2.36. The minimum absolute atomic E-state index is 0.0539. The van der Waals surface area contributed by atoms with Crippen LogP contribution in [0, 0.1) is 0 Å². The average Bonchev–Trinajstić information content (AvgIpc) is 3.24. The first-order valence-electron chi connectivity index (χ1n) is 10.1. The van der Waals surface area contributed by atoms with Crippen LogP contribution in [0.1, 0.15) is 34.0 Å². The van der Waals surface area contributed by atoms with Crippen LogP contribution in [0.4, 0.5) is 5.69 Å². The predicted molar refractivity (Wildman–Crippen MR) is 123 cm³/mol. The van der Waals surface area contributed by atoms with Gasteiger partial charge in [-0.3, -0.25) is 9.69 Å². The average molecular weight is 441 g/mol. The Labute approximate surface area is 186 Å². The van der Waals surface area contributed by atoms with Crippen LogP contribution in [0.2, 0.25) is 5.02 Å². The van der Waals surface area contributed by atoms with Gasteiger partial charge in [0, 0.05) is 31.6 Å². The molecule has 2 heterocycles. The molecule has 156 valence electrons. The molecule has 1 aromatic heterocycles. The van der Waals surface area contributed by atoms with Gasteiger partial charge in [0.2, 0.25) is 0 Å². The molecule has 0 spiro atoms. The summed E-state index contributed by atoms with van der Waals surface area (Å²) in [7, 11) is 0. The number of anilines is 1. The standard InChI is InChI=1S/C23H25ClN4OS/c1-17(18-7-3-2-4-8-18)25-23(29)20-16-30-22(26-20)15-27-11-13-28(14-12-27)21-10-6-5-9-19(21)24/h2-10,16-17H,11-15H2,1H3,(H,25,29). The van der Waals surface area contributed by atoms with Gasteiger partial charge >= 0.3 is 0 Å². The molecule has 1 unspecified atom stereocenters. The molecule has 0 bridgehead atoms. The third kappa shape index (κ3) is 5.01. The van der Waals surface area contributed by atoms with E-state index in [1.165, 1.54) is 0 Å². The number of hydrogen-bond acceptors (Lipinski definition) is 5. The van der Waals surface area contributed by atoms with E-state index in [9.17, 15) is 4.79 Å². The predicted octanol–water partition coefficient (Wildman–Crippen LogP) is 4.61. The Morgan fingerprint density at radius 2 is 1.80 bits per heavy atom. The van der Waals surface area contributed by atoms with E-state index < -0.39 is 0 Å². The summed E-state index contributed by atoms with van der Waals surface area (Å²) in [5.74, 6) is -0.127. The molecule has 30 heavy (non-hydrogen) atoms. The molecule has 1 aliphatic rings. The van der Waals surface area contributed by atoms with Gasteiger partial charge in [-0.1, -0.05) is 54.1 Å². The largest absolute Gasteiger partial charge is 0.368 e. The molecule has 0 saturated carbocycles. The topological polar surface area (TPSA) is 48.5 Å². The zero-order chi connectivity index (χ0) is 20.9. The van der Waals surface area contributed by atoms with Crippen molar-refractivity contribution in [3.63, 3.8) is 0 Å². The molecule has 1 saturated heterocycles. The van der Waals surface area contributed by atoms with Gasteiger partial charge in [-0.15, -0.1) is 11.3 Å². The maximum absolute atomic E-state index is 12.6. The third-order valence-corrected chi connectivity index (χ3v) is 6.51. The van der Waals surface area contributed by atoms with E-state index in [1.54, 1.807) is 11.3 Å². The molecule has 0 aliphatic carbocycles. The van der Waals surface area contributed by atoms with Crippen molar-refractivity contribution >= 4 is 34.5 Å². The first-order chi connectivity index (χ1) is 14.6. The number of amides is 1. The van der Waals surface area contributed by atoms with Crippen molar-refractivity contribution in [2.75, 3.05) is 31.1 Å². The second kappa shape index (κ2) is 9.60. The number of halogens is 1. The molecule has 3 aromatic rings. The van der Waals surface area contributed by atoms with Crippen LogP contribution in [-0.4, -0.2) is 42.0 Å². The smallest absolute Gasteiger partial charge is 0.271 e. The number of carbonyl (C=O) groups is 1. The lowest BCUT2D eigenvalue weighted by molar-refractivity contribution is 0.0935. The van der Waals surface area contributed by atoms with Gasteiger partial charge in [0.1, 0.15) is 10.7 Å². The fourth-order valence-corrected chi connectivity index (χ4v) is 4.70. The Bertz CT molecular complexity index is 986. The van der Waals surface area contributed by atoms with Crippen molar-refractivity contribution in [1.29, 1.82) is 0 Å². The summed E-state index contributed by atoms with van der Waals surface area (Å²) in [5, 5.41) is 6.65. The highest BCUT2D eigenvalue weighted by Crippen LogP contribution is 2.26. The van der Waals surface area contributed by atoms with Crippen LogP contribution in [0.3, 0.4) is 0 Å². The molecule has 1 aliphatic heterocycles. The monoisotopic (exact) mass is 440 g/mol. The Morgan fingerprint density at radius 1 is 1.10 bits per heavy atom. The third-order valence-electron chi connectivity index (χ3n) is 5.36. The summed E-state index contributed by atoms with van der Waals surface area (Å²) in [5.41, 5.74) is 2.67. The normalized spacial score (nSPS) is 15.7. The van der Waals surface area contributed by atoms with Crippen LogP contribution < -0.4 is 10.2 Å². The van der Waals surface area contributed by atoms with Gasteiger partial charge in [0.05, 0.1) is 23.3 Å². The van der Waals surface area contributed by atoms with Crippen LogP contribution in [-0.2, 0) is 6.54 Å². The van der Waals surface area contributed by atoms with Gasteiger partial charge in [-0.05, 0) is 24.6 Å². The highest BCUT2D eigenvalue weighted by molar-refractivity contribution is 7.09. The molecule has 2 aromatic carbocycles. The fourth-order valence-electron chi connectivity index (χ4n) is 3.63. The van der Waals surface area contributed by atoms with E-state index in [0.29, 0.717) is 5.69 Å². The van der Waals surface area contributed by atoms with Crippen molar-refractivity contribution in [2.45, 2.75) is 19.5 Å². The zero-order valence-corrected chi connectivity index (χ0v) is 18.5. The van der Waals surface area contributed by atoms with Crippen molar-refractivity contribution in [2.24, 2.45) is 0 Å². The zero-order valence-electron chi connectivity index (χ0n) is 16.9. The van der Waals surface area contributed by atoms with Gasteiger partial charge in [-0.2, -0.15) is 0 Å². The van der Waals surface area contributed by atoms with Crippen molar-refractivity contribution < 1.29 is 4.79 Å². The van der Waals surface area contributed by atoms with Gasteiger partial charge in [0.15, 0.2) is 0 Å². The fraction of sp³-hybridized carbons (Fsp3) is 0.304. The second-order valence-electron chi connectivity index (χ2n) is 7.45. The summed E-state index contributed by atoms with van der Waals surface area (Å²) < 4.78 is 0. The van der Waals surface area contributed by atoms with E-state index in [-0.39, 0.29) is 11.9 Å². The molecule has 5 nitrogen and oxygen atoms in total. The Hall–Kier alpha value is -2.41. The van der Waals surface area contributed by atoms with Gasteiger partial charge < -0.3 is 10.2 Å². The summed E-state index contributed by atoms with van der Waals surface area (Å²) in [6.45, 7) is 6.49. The second-order valence-corrected chi connectivity index (χ2v) is 8.80. The maximum atomic E-state index is 12.6. The van der Waals surface area contributed by atoms with E-state index in [1.807, 2.05) is 60.8 Å². The molecule has 1 atom stereocenters. The highest BCUT2D eigenvalue weighted by Gasteiger charge is 2.21. The molecular formula is C23H25ClN4OS. The summed E-state index contributed by atoms with van der Waals surface area (Å²) >= 11 is 7.88. The minimum atomic E-state index is -0.127. The quantitative estimate of drug-likeness (QED) is 0.608. The lowest BCUT2D eigenvalue weighted by Crippen LogP contribution is -2.46. The Balaban J connectivity index is 1.30. The molecule has 4 rings (SSSR count). The van der Waals surface area contributed by atoms with Crippen molar-refractivity contribution in [1.82, 2.24) is 15.2 Å². The number of rotatable bonds is 6. The lowest BCUT2D eigenvalue weighted by atomic mass is 10.1. The van der Waals surface area contributed by atoms with Gasteiger partial charge in [-0.25, -0.2) is 4.98 Å². The molecule has 1 fully saturated rings. The van der Waals surface area contributed by atoms with Crippen LogP contribution in [0.5, 0.6) is 0 Å². The highest BCUT2D eigenvalue weighted by atomic mass is 35.5. The molecule has 7 heteroatoms. The number of benzene rings is 2. The SMILES string of the molecule is CC(NC(=O)c1csc(CN2CCN(c3ccccc3Cl)CC2)n1)c1ccccc1. The number of carbonyl (C=O) groups excluding carboxylic acids is 1. The summed E-state index contributed by atoms with van der Waals surface area (Å²) in [4.78, 5) is 21.8. The Morgan fingerprint density at radius 3 is 2.53 bits per heavy atom. The van der Waals surface area contributed by atoms with Gasteiger partial charge in [0.25, 0.3) is 5.91 Å². The summed E-state index contributed by atoms with van der Waals surface area (Å²) in [6.07, 6.45) is 0. The first-order valence-corrected chi connectivity index (χ1v) is 11.4. The summed E-state index contributed by atoms with van der Waals surface area (Å²) in [6, 6.07) is 17.9. The number of nitrogens with one attached hydrogen (secondary N) is 1. The number of hydrogen-bond donors (Lipinski definition) is 1. The van der Waals surface area contributed by atoms with Crippen LogP contribution in [0.15, 0.2) is 60.0 Å². The number of thiazole rings is 1. The van der Waals surface area contributed by atoms with Crippen molar-refractivity contribution in [3.05, 3.63) is 81.3 Å². The van der Waals surface area contributed by atoms with E-state index >= 15 is 0 Å². The van der Waals surface area contributed by atoms with Crippen molar-refractivity contribution in [3.8, 4) is 0 Å². The number of piperazine rings is 1. The number of nitrogens with zero attached hydrogens (tertiary/aromatic N) is 3. The first kappa shape index (κ1) is 20.8. The molecule has 1 N–H and O–H groups in total. The van der Waals surface area contributed by atoms with E-state index in [0.717, 1.165) is 54.0 Å². The Kier molecular flexibility index (Phi) is 6.67. The van der Waals surface area contributed by atoms with E-state index in [4.69, 9.17) is 11.6 Å². The maximum Gasteiger partial charge on any atom is 0.271 e. The number of para-hydroxylation sites is 1.